The third kappa shape index (κ3) is 3.53. The summed E-state index contributed by atoms with van der Waals surface area (Å²) in [4.78, 5) is 17.1. The molecule has 0 fully saturated rings. The second-order valence-electron chi connectivity index (χ2n) is 5.29. The van der Waals surface area contributed by atoms with Gasteiger partial charge in [-0.25, -0.2) is 10.4 Å². The molecule has 1 N–H and O–H groups in total. The molecule has 1 heterocycles. The zero-order chi connectivity index (χ0) is 15.9. The van der Waals surface area contributed by atoms with Gasteiger partial charge in [0.2, 0.25) is 5.95 Å². The van der Waals surface area contributed by atoms with Crippen molar-refractivity contribution in [1.82, 2.24) is 9.55 Å². The fourth-order valence-electron chi connectivity index (χ4n) is 2.49. The topological polar surface area (TPSA) is 59.3 Å². The molecule has 0 aliphatic heterocycles. The summed E-state index contributed by atoms with van der Waals surface area (Å²) < 4.78 is 1.63. The quantitative estimate of drug-likeness (QED) is 0.625. The first-order chi connectivity index (χ1) is 10.7. The van der Waals surface area contributed by atoms with Crippen LogP contribution in [0.15, 0.2) is 34.2 Å². The predicted molar refractivity (Wildman–Crippen MR) is 92.6 cm³/mol. The zero-order valence-corrected chi connectivity index (χ0v) is 13.6. The van der Waals surface area contributed by atoms with Crippen LogP contribution in [0.3, 0.4) is 0 Å². The van der Waals surface area contributed by atoms with Gasteiger partial charge in [0, 0.05) is 12.3 Å². The van der Waals surface area contributed by atoms with E-state index in [4.69, 9.17) is 0 Å². The number of fused-ring (bicyclic) bond motifs is 1. The molecule has 0 saturated carbocycles. The Morgan fingerprint density at radius 3 is 2.50 bits per heavy atom. The van der Waals surface area contributed by atoms with Crippen LogP contribution < -0.4 is 11.0 Å². The molecule has 5 nitrogen and oxygen atoms in total. The molecule has 0 atom stereocenters. The molecule has 118 valence electrons. The van der Waals surface area contributed by atoms with Gasteiger partial charge in [-0.3, -0.25) is 9.36 Å². The van der Waals surface area contributed by atoms with Crippen LogP contribution in [-0.4, -0.2) is 15.3 Å². The number of benzene rings is 1. The van der Waals surface area contributed by atoms with E-state index in [-0.39, 0.29) is 5.56 Å². The maximum Gasteiger partial charge on any atom is 0.262 e. The number of nitrogens with one attached hydrogen (secondary N) is 1. The highest BCUT2D eigenvalue weighted by molar-refractivity contribution is 5.85. The van der Waals surface area contributed by atoms with Crippen LogP contribution in [0.5, 0.6) is 0 Å². The zero-order valence-electron chi connectivity index (χ0n) is 13.6. The molecular weight excluding hydrogens is 276 g/mol. The van der Waals surface area contributed by atoms with Crippen LogP contribution in [0.25, 0.3) is 10.9 Å². The molecule has 2 aromatic rings. The number of para-hydroxylation sites is 1. The lowest BCUT2D eigenvalue weighted by atomic mass is 10.1. The minimum Gasteiger partial charge on any atom is -0.277 e. The minimum absolute atomic E-state index is 0.0293. The first-order valence-electron chi connectivity index (χ1n) is 8.02. The van der Waals surface area contributed by atoms with Gasteiger partial charge in [-0.05, 0) is 31.9 Å². The molecular formula is C17H24N4O. The SMILES string of the molecule is CCCC(CCC)=NNc1nc2ccccc2c(=O)n1CC. The number of hydrogen-bond donors (Lipinski definition) is 1. The van der Waals surface area contributed by atoms with Crippen molar-refractivity contribution in [1.29, 1.82) is 0 Å². The second-order valence-corrected chi connectivity index (χ2v) is 5.29. The molecule has 0 radical (unpaired) electrons. The molecule has 0 spiro atoms. The first kappa shape index (κ1) is 16.2. The average Bonchev–Trinajstić information content (AvgIpc) is 2.53. The van der Waals surface area contributed by atoms with E-state index in [1.54, 1.807) is 4.57 Å². The number of rotatable bonds is 7. The Morgan fingerprint density at radius 2 is 1.86 bits per heavy atom. The van der Waals surface area contributed by atoms with Gasteiger partial charge in [-0.2, -0.15) is 5.10 Å². The van der Waals surface area contributed by atoms with Crippen molar-refractivity contribution >= 4 is 22.6 Å². The molecule has 0 bridgehead atoms. The molecule has 0 aliphatic rings. The highest BCUT2D eigenvalue weighted by Gasteiger charge is 2.09. The third-order valence-corrected chi connectivity index (χ3v) is 3.57. The van der Waals surface area contributed by atoms with Crippen molar-refractivity contribution in [2.24, 2.45) is 5.10 Å². The van der Waals surface area contributed by atoms with E-state index in [1.807, 2.05) is 31.2 Å². The van der Waals surface area contributed by atoms with E-state index >= 15 is 0 Å². The van der Waals surface area contributed by atoms with E-state index in [0.717, 1.165) is 31.4 Å². The van der Waals surface area contributed by atoms with E-state index < -0.39 is 0 Å². The Balaban J connectivity index is 2.42. The number of hydrazone groups is 1. The summed E-state index contributed by atoms with van der Waals surface area (Å²) in [5.41, 5.74) is 4.79. The van der Waals surface area contributed by atoms with Crippen LogP contribution in [0.4, 0.5) is 5.95 Å². The summed E-state index contributed by atoms with van der Waals surface area (Å²) in [6.45, 7) is 6.78. The molecule has 1 aromatic carbocycles. The lowest BCUT2D eigenvalue weighted by Crippen LogP contribution is -2.23. The number of hydrogen-bond acceptors (Lipinski definition) is 4. The molecule has 0 saturated heterocycles. The van der Waals surface area contributed by atoms with Gasteiger partial charge in [0.1, 0.15) is 0 Å². The maximum absolute atomic E-state index is 12.5. The smallest absolute Gasteiger partial charge is 0.262 e. The van der Waals surface area contributed by atoms with E-state index in [9.17, 15) is 4.79 Å². The predicted octanol–water partition coefficient (Wildman–Crippen LogP) is 3.78. The number of aromatic nitrogens is 2. The molecule has 22 heavy (non-hydrogen) atoms. The van der Waals surface area contributed by atoms with Gasteiger partial charge in [0.15, 0.2) is 0 Å². The Morgan fingerprint density at radius 1 is 1.18 bits per heavy atom. The third-order valence-electron chi connectivity index (χ3n) is 3.57. The summed E-state index contributed by atoms with van der Waals surface area (Å²) in [6.07, 6.45) is 4.05. The van der Waals surface area contributed by atoms with Gasteiger partial charge in [0.25, 0.3) is 5.56 Å². The lowest BCUT2D eigenvalue weighted by molar-refractivity contribution is 0.723. The number of anilines is 1. The van der Waals surface area contributed by atoms with Gasteiger partial charge in [-0.15, -0.1) is 0 Å². The minimum atomic E-state index is -0.0293. The molecule has 0 aliphatic carbocycles. The van der Waals surface area contributed by atoms with Gasteiger partial charge < -0.3 is 0 Å². The van der Waals surface area contributed by atoms with E-state index in [0.29, 0.717) is 23.4 Å². The summed E-state index contributed by atoms with van der Waals surface area (Å²) >= 11 is 0. The van der Waals surface area contributed by atoms with Gasteiger partial charge >= 0.3 is 0 Å². The molecule has 1 aromatic heterocycles. The van der Waals surface area contributed by atoms with Crippen molar-refractivity contribution in [3.05, 3.63) is 34.6 Å². The Labute approximate surface area is 131 Å². The fraction of sp³-hybridized carbons (Fsp3) is 0.471. The van der Waals surface area contributed by atoms with Crippen molar-refractivity contribution < 1.29 is 0 Å². The monoisotopic (exact) mass is 300 g/mol. The fourth-order valence-corrected chi connectivity index (χ4v) is 2.49. The second kappa shape index (κ2) is 7.73. The molecule has 0 amide bonds. The van der Waals surface area contributed by atoms with Gasteiger partial charge in [-0.1, -0.05) is 38.8 Å². The van der Waals surface area contributed by atoms with E-state index in [1.165, 1.54) is 0 Å². The summed E-state index contributed by atoms with van der Waals surface area (Å²) in [5.74, 6) is 0.510. The highest BCUT2D eigenvalue weighted by Crippen LogP contribution is 2.11. The van der Waals surface area contributed by atoms with Crippen molar-refractivity contribution in [2.75, 3.05) is 5.43 Å². The maximum atomic E-state index is 12.5. The van der Waals surface area contributed by atoms with Crippen LogP contribution in [-0.2, 0) is 6.54 Å². The average molecular weight is 300 g/mol. The van der Waals surface area contributed by atoms with Crippen molar-refractivity contribution in [3.8, 4) is 0 Å². The Hall–Kier alpha value is -2.17. The first-order valence-corrected chi connectivity index (χ1v) is 8.02. The number of nitrogens with zero attached hydrogens (tertiary/aromatic N) is 3. The van der Waals surface area contributed by atoms with Crippen LogP contribution in [0.2, 0.25) is 0 Å². The summed E-state index contributed by atoms with van der Waals surface area (Å²) in [7, 11) is 0. The largest absolute Gasteiger partial charge is 0.277 e. The molecule has 5 heteroatoms. The molecule has 0 unspecified atom stereocenters. The van der Waals surface area contributed by atoms with Crippen LogP contribution >= 0.6 is 0 Å². The molecule has 2 rings (SSSR count). The normalized spacial score (nSPS) is 10.7. The van der Waals surface area contributed by atoms with Crippen molar-refractivity contribution in [2.45, 2.75) is 53.0 Å². The van der Waals surface area contributed by atoms with Crippen molar-refractivity contribution in [3.63, 3.8) is 0 Å². The van der Waals surface area contributed by atoms with Crippen LogP contribution in [0, 0.1) is 0 Å². The Kier molecular flexibility index (Phi) is 5.69. The van der Waals surface area contributed by atoms with Gasteiger partial charge in [0.05, 0.1) is 10.9 Å². The van der Waals surface area contributed by atoms with E-state index in [2.05, 4.69) is 29.4 Å². The standard InChI is InChI=1S/C17H24N4O/c1-4-9-13(10-5-2)19-20-17-18-15-12-8-7-11-14(15)16(22)21(17)6-3/h7-8,11-12H,4-6,9-10H2,1-3H3,(H,18,20). The summed E-state index contributed by atoms with van der Waals surface area (Å²) in [6, 6.07) is 7.41. The lowest BCUT2D eigenvalue weighted by Gasteiger charge is -2.11. The Bertz CT molecular complexity index is 710. The summed E-state index contributed by atoms with van der Waals surface area (Å²) in [5, 5.41) is 5.11. The highest BCUT2D eigenvalue weighted by atomic mass is 16.1. The van der Waals surface area contributed by atoms with Crippen LogP contribution in [0.1, 0.15) is 46.5 Å².